The number of anilines is 1. The first kappa shape index (κ1) is 28.5. The molecule has 0 radical (unpaired) electrons. The Morgan fingerprint density at radius 1 is 1.03 bits per heavy atom. The number of aryl methyl sites for hydroxylation is 1. The summed E-state index contributed by atoms with van der Waals surface area (Å²) in [7, 11) is 0. The first-order chi connectivity index (χ1) is 18.6. The number of amides is 4. The monoisotopic (exact) mass is 631 g/mol. The number of imide groups is 1. The number of halogens is 3. The summed E-state index contributed by atoms with van der Waals surface area (Å²) in [5.74, 6) is -0.206. The van der Waals surface area contributed by atoms with Gasteiger partial charge in [-0.25, -0.2) is 9.69 Å². The van der Waals surface area contributed by atoms with E-state index in [1.165, 1.54) is 6.08 Å². The summed E-state index contributed by atoms with van der Waals surface area (Å²) in [4.78, 5) is 38.8. The van der Waals surface area contributed by atoms with Gasteiger partial charge in [-0.05, 0) is 67.4 Å². The first-order valence-electron chi connectivity index (χ1n) is 11.9. The third kappa shape index (κ3) is 7.11. The fraction of sp³-hybridized carbons (Fsp3) is 0.179. The zero-order chi connectivity index (χ0) is 28.1. The molecule has 0 aromatic heterocycles. The Kier molecular flexibility index (Phi) is 9.16. The van der Waals surface area contributed by atoms with Crippen LogP contribution in [0, 0.1) is 6.92 Å². The molecule has 0 spiro atoms. The van der Waals surface area contributed by atoms with E-state index in [-0.39, 0.29) is 12.3 Å². The number of hydrogen-bond acceptors (Lipinski definition) is 5. The van der Waals surface area contributed by atoms with Gasteiger partial charge in [0.15, 0.2) is 11.5 Å². The fourth-order valence-electron chi connectivity index (χ4n) is 3.68. The predicted molar refractivity (Wildman–Crippen MR) is 154 cm³/mol. The van der Waals surface area contributed by atoms with Gasteiger partial charge in [0.25, 0.3) is 5.91 Å². The highest BCUT2D eigenvalue weighted by atomic mass is 79.9. The number of rotatable bonds is 9. The van der Waals surface area contributed by atoms with Gasteiger partial charge in [0.05, 0.1) is 16.7 Å². The minimum atomic E-state index is -0.687. The molecule has 3 aromatic carbocycles. The average Bonchev–Trinajstić information content (AvgIpc) is 3.15. The van der Waals surface area contributed by atoms with Crippen molar-refractivity contribution in [1.29, 1.82) is 0 Å². The number of carbonyl (C=O) groups is 3. The first-order valence-corrected chi connectivity index (χ1v) is 13.4. The van der Waals surface area contributed by atoms with Crippen LogP contribution in [-0.2, 0) is 16.2 Å². The van der Waals surface area contributed by atoms with Crippen molar-refractivity contribution in [3.05, 3.63) is 91.5 Å². The summed E-state index contributed by atoms with van der Waals surface area (Å²) in [5, 5.41) is 6.10. The lowest BCUT2D eigenvalue weighted by Gasteiger charge is -2.14. The zero-order valence-corrected chi connectivity index (χ0v) is 24.1. The quantitative estimate of drug-likeness (QED) is 0.205. The van der Waals surface area contributed by atoms with E-state index >= 15 is 0 Å². The smallest absolute Gasteiger partial charge is 0.329 e. The molecule has 8 nitrogen and oxygen atoms in total. The highest BCUT2D eigenvalue weighted by Gasteiger charge is 2.35. The molecule has 1 aliphatic rings. The van der Waals surface area contributed by atoms with Crippen molar-refractivity contribution >= 4 is 68.7 Å². The van der Waals surface area contributed by atoms with Crippen molar-refractivity contribution in [1.82, 2.24) is 10.2 Å². The Morgan fingerprint density at radius 3 is 2.44 bits per heavy atom. The van der Waals surface area contributed by atoms with Crippen LogP contribution in [0.1, 0.15) is 23.6 Å². The van der Waals surface area contributed by atoms with Gasteiger partial charge in [0.1, 0.15) is 18.8 Å². The Labute approximate surface area is 244 Å². The van der Waals surface area contributed by atoms with E-state index in [9.17, 15) is 14.4 Å². The van der Waals surface area contributed by atoms with E-state index in [0.29, 0.717) is 43.9 Å². The Bertz CT molecular complexity index is 1460. The van der Waals surface area contributed by atoms with Gasteiger partial charge in [-0.2, -0.15) is 0 Å². The second kappa shape index (κ2) is 12.5. The normalized spacial score (nSPS) is 14.0. The number of benzene rings is 3. The van der Waals surface area contributed by atoms with Crippen molar-refractivity contribution in [3.63, 3.8) is 0 Å². The van der Waals surface area contributed by atoms with Crippen LogP contribution >= 0.6 is 39.1 Å². The molecule has 1 aliphatic heterocycles. The lowest BCUT2D eigenvalue weighted by molar-refractivity contribution is -0.127. The standard InChI is InChI=1S/C28H24BrCl2N3O5/c1-3-38-24-12-18(20(29)13-25(24)39-15-17-6-9-21(30)22(31)10-17)11-23-27(36)34(28(37)33-23)14-26(35)32-19-7-4-16(2)5-8-19/h4-13H,3,14-15H2,1-2H3,(H,32,35)(H,33,37)/b23-11+. The van der Waals surface area contributed by atoms with Gasteiger partial charge >= 0.3 is 6.03 Å². The summed E-state index contributed by atoms with van der Waals surface area (Å²) in [5.41, 5.74) is 3.02. The van der Waals surface area contributed by atoms with Gasteiger partial charge in [-0.1, -0.05) is 62.9 Å². The van der Waals surface area contributed by atoms with E-state index in [1.54, 1.807) is 36.4 Å². The van der Waals surface area contributed by atoms with Crippen LogP contribution in [0.15, 0.2) is 64.8 Å². The number of urea groups is 1. The summed E-state index contributed by atoms with van der Waals surface area (Å²) in [6.07, 6.45) is 1.51. The molecule has 0 saturated carbocycles. The largest absolute Gasteiger partial charge is 0.490 e. The Hall–Kier alpha value is -3.53. The lowest BCUT2D eigenvalue weighted by atomic mass is 10.1. The minimum absolute atomic E-state index is 0.0239. The molecule has 2 N–H and O–H groups in total. The topological polar surface area (TPSA) is 97.0 Å². The van der Waals surface area contributed by atoms with Crippen molar-refractivity contribution in [3.8, 4) is 11.5 Å². The highest BCUT2D eigenvalue weighted by Crippen LogP contribution is 2.36. The van der Waals surface area contributed by atoms with Crippen LogP contribution in [0.5, 0.6) is 11.5 Å². The maximum atomic E-state index is 13.0. The number of ether oxygens (including phenoxy) is 2. The van der Waals surface area contributed by atoms with Crippen molar-refractivity contribution in [2.24, 2.45) is 0 Å². The van der Waals surface area contributed by atoms with Crippen LogP contribution in [0.25, 0.3) is 6.08 Å². The molecule has 0 atom stereocenters. The number of nitrogens with zero attached hydrogens (tertiary/aromatic N) is 1. The van der Waals surface area contributed by atoms with Crippen molar-refractivity contribution in [2.45, 2.75) is 20.5 Å². The van der Waals surface area contributed by atoms with Crippen molar-refractivity contribution in [2.75, 3.05) is 18.5 Å². The Balaban J connectivity index is 1.49. The van der Waals surface area contributed by atoms with Gasteiger partial charge in [0, 0.05) is 10.2 Å². The molecule has 1 fully saturated rings. The highest BCUT2D eigenvalue weighted by molar-refractivity contribution is 9.10. The minimum Gasteiger partial charge on any atom is -0.490 e. The maximum absolute atomic E-state index is 13.0. The molecule has 3 aromatic rings. The molecule has 4 rings (SSSR count). The zero-order valence-electron chi connectivity index (χ0n) is 21.0. The molecular weight excluding hydrogens is 609 g/mol. The molecule has 1 saturated heterocycles. The van der Waals surface area contributed by atoms with E-state index in [0.717, 1.165) is 16.0 Å². The number of carbonyl (C=O) groups excluding carboxylic acids is 3. The maximum Gasteiger partial charge on any atom is 0.329 e. The molecule has 0 bridgehead atoms. The van der Waals surface area contributed by atoms with Gasteiger partial charge in [-0.15, -0.1) is 0 Å². The average molecular weight is 633 g/mol. The molecule has 0 unspecified atom stereocenters. The molecule has 4 amide bonds. The SMILES string of the molecule is CCOc1cc(/C=C2/NC(=O)N(CC(=O)Nc3ccc(C)cc3)C2=O)c(Br)cc1OCc1ccc(Cl)c(Cl)c1. The van der Waals surface area contributed by atoms with Crippen molar-refractivity contribution < 1.29 is 23.9 Å². The van der Waals surface area contributed by atoms with E-state index in [4.69, 9.17) is 32.7 Å². The molecule has 202 valence electrons. The van der Waals surface area contributed by atoms with Crippen LogP contribution in [0.2, 0.25) is 10.0 Å². The lowest BCUT2D eigenvalue weighted by Crippen LogP contribution is -2.38. The van der Waals surface area contributed by atoms with Crippen LogP contribution in [-0.4, -0.2) is 35.9 Å². The summed E-state index contributed by atoms with van der Waals surface area (Å²) < 4.78 is 12.3. The van der Waals surface area contributed by atoms with E-state index in [1.807, 2.05) is 32.0 Å². The fourth-order valence-corrected chi connectivity index (χ4v) is 4.44. The number of hydrogen-bond donors (Lipinski definition) is 2. The van der Waals surface area contributed by atoms with E-state index in [2.05, 4.69) is 26.6 Å². The third-order valence-corrected chi connectivity index (χ3v) is 7.07. The second-order valence-corrected chi connectivity index (χ2v) is 10.3. The molecule has 0 aliphatic carbocycles. The summed E-state index contributed by atoms with van der Waals surface area (Å²) >= 11 is 15.6. The number of nitrogens with one attached hydrogen (secondary N) is 2. The van der Waals surface area contributed by atoms with Gasteiger partial charge in [0.2, 0.25) is 5.91 Å². The predicted octanol–water partition coefficient (Wildman–Crippen LogP) is 6.57. The second-order valence-electron chi connectivity index (χ2n) is 8.58. The molecular formula is C28H24BrCl2N3O5. The van der Waals surface area contributed by atoms with Crippen LogP contribution < -0.4 is 20.1 Å². The van der Waals surface area contributed by atoms with Gasteiger partial charge < -0.3 is 20.1 Å². The van der Waals surface area contributed by atoms with Crippen LogP contribution in [0.4, 0.5) is 10.5 Å². The third-order valence-electron chi connectivity index (χ3n) is 5.64. The Morgan fingerprint density at radius 2 is 1.74 bits per heavy atom. The molecule has 1 heterocycles. The van der Waals surface area contributed by atoms with Crippen LogP contribution in [0.3, 0.4) is 0 Å². The summed E-state index contributed by atoms with van der Waals surface area (Å²) in [6.45, 7) is 3.94. The van der Waals surface area contributed by atoms with Gasteiger partial charge in [-0.3, -0.25) is 9.59 Å². The summed E-state index contributed by atoms with van der Waals surface area (Å²) in [6, 6.07) is 15.1. The molecule has 39 heavy (non-hydrogen) atoms. The van der Waals surface area contributed by atoms with E-state index < -0.39 is 24.4 Å². The molecule has 11 heteroatoms.